The highest BCUT2D eigenvalue weighted by molar-refractivity contribution is 5.38. The molecule has 2 rings (SSSR count). The van der Waals surface area contributed by atoms with Crippen LogP contribution in [-0.4, -0.2) is 19.8 Å². The summed E-state index contributed by atoms with van der Waals surface area (Å²) in [5.74, 6) is 1.86. The average Bonchev–Trinajstić information content (AvgIpc) is 2.54. The molecule has 0 saturated carbocycles. The van der Waals surface area contributed by atoms with E-state index < -0.39 is 0 Å². The summed E-state index contributed by atoms with van der Waals surface area (Å²) in [6.45, 7) is 9.12. The van der Waals surface area contributed by atoms with E-state index in [1.165, 1.54) is 16.7 Å². The van der Waals surface area contributed by atoms with E-state index in [1.54, 1.807) is 0 Å². The molecule has 0 atom stereocenters. The van der Waals surface area contributed by atoms with Crippen LogP contribution in [-0.2, 0) is 6.54 Å². The van der Waals surface area contributed by atoms with Gasteiger partial charge in [-0.25, -0.2) is 0 Å². The van der Waals surface area contributed by atoms with E-state index in [0.717, 1.165) is 24.6 Å². The van der Waals surface area contributed by atoms with Gasteiger partial charge in [-0.1, -0.05) is 37.3 Å². The van der Waals surface area contributed by atoms with Crippen LogP contribution < -0.4 is 14.8 Å². The number of aryl methyl sites for hydroxylation is 1. The van der Waals surface area contributed by atoms with Crippen LogP contribution >= 0.6 is 0 Å². The molecule has 2 aromatic carbocycles. The summed E-state index contributed by atoms with van der Waals surface area (Å²) in [6.07, 6.45) is 0. The minimum absolute atomic E-state index is 0.538. The topological polar surface area (TPSA) is 30.5 Å². The SMILES string of the molecule is CCNCc1ccccc1OCCOc1cccc(C)c1C. The molecule has 0 bridgehead atoms. The van der Waals surface area contributed by atoms with E-state index in [0.29, 0.717) is 13.2 Å². The van der Waals surface area contributed by atoms with Crippen LogP contribution in [0, 0.1) is 13.8 Å². The second-order valence-corrected chi connectivity index (χ2v) is 5.28. The van der Waals surface area contributed by atoms with Crippen molar-refractivity contribution in [2.75, 3.05) is 19.8 Å². The number of hydrogen-bond donors (Lipinski definition) is 1. The molecule has 0 saturated heterocycles. The lowest BCUT2D eigenvalue weighted by Gasteiger charge is -2.14. The predicted octanol–water partition coefficient (Wildman–Crippen LogP) is 3.87. The quantitative estimate of drug-likeness (QED) is 0.751. The molecule has 0 spiro atoms. The van der Waals surface area contributed by atoms with Crippen LogP contribution in [0.15, 0.2) is 42.5 Å². The molecule has 0 amide bonds. The molecule has 22 heavy (non-hydrogen) atoms. The molecule has 0 aliphatic heterocycles. The van der Waals surface area contributed by atoms with E-state index in [-0.39, 0.29) is 0 Å². The average molecular weight is 299 g/mol. The van der Waals surface area contributed by atoms with Crippen molar-refractivity contribution in [2.24, 2.45) is 0 Å². The third kappa shape index (κ3) is 4.50. The molecule has 118 valence electrons. The Morgan fingerprint density at radius 3 is 2.32 bits per heavy atom. The molecule has 0 aromatic heterocycles. The maximum absolute atomic E-state index is 5.86. The van der Waals surface area contributed by atoms with Gasteiger partial charge in [-0.05, 0) is 43.7 Å². The summed E-state index contributed by atoms with van der Waals surface area (Å²) in [6, 6.07) is 14.2. The van der Waals surface area contributed by atoms with Crippen LogP contribution in [0.1, 0.15) is 23.6 Å². The minimum atomic E-state index is 0.538. The summed E-state index contributed by atoms with van der Waals surface area (Å²) in [5, 5.41) is 3.32. The van der Waals surface area contributed by atoms with Gasteiger partial charge in [0.25, 0.3) is 0 Å². The van der Waals surface area contributed by atoms with Crippen LogP contribution in [0.2, 0.25) is 0 Å². The van der Waals surface area contributed by atoms with Crippen molar-refractivity contribution < 1.29 is 9.47 Å². The third-order valence-electron chi connectivity index (χ3n) is 3.69. The molecule has 0 fully saturated rings. The van der Waals surface area contributed by atoms with Crippen molar-refractivity contribution in [3.05, 3.63) is 59.2 Å². The van der Waals surface area contributed by atoms with Gasteiger partial charge in [-0.3, -0.25) is 0 Å². The smallest absolute Gasteiger partial charge is 0.123 e. The van der Waals surface area contributed by atoms with Crippen molar-refractivity contribution in [1.29, 1.82) is 0 Å². The number of benzene rings is 2. The predicted molar refractivity (Wildman–Crippen MR) is 90.7 cm³/mol. The van der Waals surface area contributed by atoms with E-state index in [4.69, 9.17) is 9.47 Å². The number of rotatable bonds is 8. The number of nitrogens with one attached hydrogen (secondary N) is 1. The summed E-state index contributed by atoms with van der Waals surface area (Å²) in [5.41, 5.74) is 3.61. The Balaban J connectivity index is 1.85. The van der Waals surface area contributed by atoms with Crippen LogP contribution in [0.5, 0.6) is 11.5 Å². The zero-order valence-corrected chi connectivity index (χ0v) is 13.7. The van der Waals surface area contributed by atoms with E-state index in [9.17, 15) is 0 Å². The second kappa shape index (κ2) is 8.44. The zero-order chi connectivity index (χ0) is 15.8. The molecule has 2 aromatic rings. The van der Waals surface area contributed by atoms with Gasteiger partial charge in [0, 0.05) is 12.1 Å². The monoisotopic (exact) mass is 299 g/mol. The van der Waals surface area contributed by atoms with Gasteiger partial charge < -0.3 is 14.8 Å². The summed E-state index contributed by atoms with van der Waals surface area (Å²) < 4.78 is 11.7. The first-order chi connectivity index (χ1) is 10.7. The van der Waals surface area contributed by atoms with Gasteiger partial charge in [-0.2, -0.15) is 0 Å². The molecule has 1 N–H and O–H groups in total. The lowest BCUT2D eigenvalue weighted by atomic mass is 10.1. The van der Waals surface area contributed by atoms with Gasteiger partial charge in [0.15, 0.2) is 0 Å². The number of ether oxygens (including phenoxy) is 2. The molecule has 0 aliphatic carbocycles. The lowest BCUT2D eigenvalue weighted by molar-refractivity contribution is 0.215. The standard InChI is InChI=1S/C19H25NO2/c1-4-20-14-17-9-5-6-10-19(17)22-13-12-21-18-11-7-8-15(2)16(18)3/h5-11,20H,4,12-14H2,1-3H3. The largest absolute Gasteiger partial charge is 0.490 e. The molecule has 3 nitrogen and oxygen atoms in total. The highest BCUT2D eigenvalue weighted by Crippen LogP contribution is 2.21. The summed E-state index contributed by atoms with van der Waals surface area (Å²) in [7, 11) is 0. The fourth-order valence-corrected chi connectivity index (χ4v) is 2.23. The molecular weight excluding hydrogens is 274 g/mol. The van der Waals surface area contributed by atoms with Crippen LogP contribution in [0.25, 0.3) is 0 Å². The van der Waals surface area contributed by atoms with Crippen molar-refractivity contribution in [3.8, 4) is 11.5 Å². The van der Waals surface area contributed by atoms with E-state index in [1.807, 2.05) is 30.3 Å². The fraction of sp³-hybridized carbons (Fsp3) is 0.368. The first-order valence-electron chi connectivity index (χ1n) is 7.82. The van der Waals surface area contributed by atoms with Gasteiger partial charge in [0.05, 0.1) is 0 Å². The van der Waals surface area contributed by atoms with Gasteiger partial charge in [0.2, 0.25) is 0 Å². The van der Waals surface area contributed by atoms with Crippen molar-refractivity contribution in [1.82, 2.24) is 5.32 Å². The second-order valence-electron chi connectivity index (χ2n) is 5.28. The first kappa shape index (κ1) is 16.4. The molecule has 0 unspecified atom stereocenters. The number of para-hydroxylation sites is 1. The highest BCUT2D eigenvalue weighted by Gasteiger charge is 2.04. The Labute approximate surface area is 133 Å². The molecule has 3 heteroatoms. The Morgan fingerprint density at radius 1 is 0.864 bits per heavy atom. The Hall–Kier alpha value is -2.00. The molecule has 0 aliphatic rings. The molecular formula is C19H25NO2. The Kier molecular flexibility index (Phi) is 6.28. The minimum Gasteiger partial charge on any atom is -0.490 e. The Morgan fingerprint density at radius 2 is 1.55 bits per heavy atom. The van der Waals surface area contributed by atoms with Gasteiger partial charge in [-0.15, -0.1) is 0 Å². The maximum Gasteiger partial charge on any atom is 0.123 e. The normalized spacial score (nSPS) is 10.5. The summed E-state index contributed by atoms with van der Waals surface area (Å²) >= 11 is 0. The molecule has 0 heterocycles. The lowest BCUT2D eigenvalue weighted by Crippen LogP contribution is -2.14. The van der Waals surface area contributed by atoms with E-state index >= 15 is 0 Å². The van der Waals surface area contributed by atoms with Crippen molar-refractivity contribution >= 4 is 0 Å². The fourth-order valence-electron chi connectivity index (χ4n) is 2.23. The molecule has 0 radical (unpaired) electrons. The van der Waals surface area contributed by atoms with Crippen molar-refractivity contribution in [2.45, 2.75) is 27.3 Å². The number of hydrogen-bond acceptors (Lipinski definition) is 3. The van der Waals surface area contributed by atoms with Crippen LogP contribution in [0.4, 0.5) is 0 Å². The van der Waals surface area contributed by atoms with Crippen molar-refractivity contribution in [3.63, 3.8) is 0 Å². The van der Waals surface area contributed by atoms with E-state index in [2.05, 4.69) is 38.2 Å². The van der Waals surface area contributed by atoms with Crippen LogP contribution in [0.3, 0.4) is 0 Å². The highest BCUT2D eigenvalue weighted by atomic mass is 16.5. The Bertz CT molecular complexity index is 596. The van der Waals surface area contributed by atoms with Gasteiger partial charge >= 0.3 is 0 Å². The zero-order valence-electron chi connectivity index (χ0n) is 13.7. The van der Waals surface area contributed by atoms with Gasteiger partial charge in [0.1, 0.15) is 24.7 Å². The first-order valence-corrected chi connectivity index (χ1v) is 7.82. The maximum atomic E-state index is 5.86. The third-order valence-corrected chi connectivity index (χ3v) is 3.69. The summed E-state index contributed by atoms with van der Waals surface area (Å²) in [4.78, 5) is 0.